The second-order valence-electron chi connectivity index (χ2n) is 9.99. The Bertz CT molecular complexity index is 1150. The normalized spacial score (nSPS) is 32.5. The third-order valence-electron chi connectivity index (χ3n) is 7.84. The fourth-order valence-corrected chi connectivity index (χ4v) is 6.65. The number of likely N-dealkylation sites (tertiary alicyclic amines) is 3. The first-order valence-electron chi connectivity index (χ1n) is 11.5. The lowest BCUT2D eigenvalue weighted by Crippen LogP contribution is -2.53. The van der Waals surface area contributed by atoms with Gasteiger partial charge in [0.25, 0.3) is 0 Å². The van der Waals surface area contributed by atoms with Crippen molar-refractivity contribution in [1.29, 1.82) is 5.26 Å². The molecule has 2 amide bonds. The summed E-state index contributed by atoms with van der Waals surface area (Å²) >= 11 is 0. The van der Waals surface area contributed by atoms with E-state index in [1.807, 2.05) is 24.8 Å². The molecule has 10 heteroatoms. The van der Waals surface area contributed by atoms with E-state index in [1.165, 1.54) is 12.1 Å². The Kier molecular flexibility index (Phi) is 5.27. The number of piperidine rings is 1. The highest BCUT2D eigenvalue weighted by atomic mass is 32.2. The van der Waals surface area contributed by atoms with Gasteiger partial charge in [0.2, 0.25) is 21.8 Å². The number of rotatable bonds is 6. The zero-order valence-corrected chi connectivity index (χ0v) is 19.6. The molecule has 0 spiro atoms. The molecule has 2 bridgehead atoms. The maximum atomic E-state index is 13.2. The van der Waals surface area contributed by atoms with Crippen molar-refractivity contribution >= 4 is 21.8 Å². The van der Waals surface area contributed by atoms with E-state index >= 15 is 0 Å². The SMILES string of the molecule is C[C@H](c1cccc(S(N)(=O)=O)c1)N1C(=O)[C@@H]2C[C@H]1CN2C[C@H](C)C(=O)N1C2C[C@H]2C[C@H]1C#N. The summed E-state index contributed by atoms with van der Waals surface area (Å²) in [6.07, 6.45) is 2.49. The second kappa shape index (κ2) is 7.79. The van der Waals surface area contributed by atoms with Gasteiger partial charge in [0.1, 0.15) is 6.04 Å². The van der Waals surface area contributed by atoms with Crippen molar-refractivity contribution in [2.75, 3.05) is 13.1 Å². The van der Waals surface area contributed by atoms with Crippen LogP contribution in [0.3, 0.4) is 0 Å². The minimum absolute atomic E-state index is 0.0118. The Labute approximate surface area is 194 Å². The van der Waals surface area contributed by atoms with Crippen LogP contribution in [0.2, 0.25) is 0 Å². The summed E-state index contributed by atoms with van der Waals surface area (Å²) in [6.45, 7) is 4.97. The summed E-state index contributed by atoms with van der Waals surface area (Å²) in [5, 5.41) is 14.7. The van der Waals surface area contributed by atoms with Crippen molar-refractivity contribution in [1.82, 2.24) is 14.7 Å². The molecule has 3 heterocycles. The number of amides is 2. The van der Waals surface area contributed by atoms with E-state index in [1.54, 1.807) is 11.0 Å². The predicted octanol–water partition coefficient (Wildman–Crippen LogP) is 0.829. The highest BCUT2D eigenvalue weighted by Gasteiger charge is 2.55. The second-order valence-corrected chi connectivity index (χ2v) is 11.5. The Hall–Kier alpha value is -2.48. The molecular formula is C23H29N5O4S. The Morgan fingerprint density at radius 3 is 2.70 bits per heavy atom. The van der Waals surface area contributed by atoms with E-state index in [0.29, 0.717) is 25.4 Å². The van der Waals surface area contributed by atoms with Gasteiger partial charge in [-0.1, -0.05) is 19.1 Å². The molecule has 3 aliphatic heterocycles. The largest absolute Gasteiger partial charge is 0.330 e. The molecular weight excluding hydrogens is 442 g/mol. The van der Waals surface area contributed by atoms with Crippen LogP contribution in [0.25, 0.3) is 0 Å². The number of nitrogens with zero attached hydrogens (tertiary/aromatic N) is 4. The molecule has 1 aromatic rings. The van der Waals surface area contributed by atoms with Gasteiger partial charge >= 0.3 is 0 Å². The van der Waals surface area contributed by atoms with Gasteiger partial charge in [-0.3, -0.25) is 14.5 Å². The van der Waals surface area contributed by atoms with Crippen LogP contribution in [0.1, 0.15) is 44.7 Å². The third-order valence-corrected chi connectivity index (χ3v) is 8.75. The van der Waals surface area contributed by atoms with Crippen LogP contribution in [0.5, 0.6) is 0 Å². The predicted molar refractivity (Wildman–Crippen MR) is 119 cm³/mol. The van der Waals surface area contributed by atoms with Crippen molar-refractivity contribution < 1.29 is 18.0 Å². The zero-order chi connectivity index (χ0) is 23.7. The molecule has 1 aromatic carbocycles. The van der Waals surface area contributed by atoms with Crippen molar-refractivity contribution in [3.63, 3.8) is 0 Å². The Morgan fingerprint density at radius 2 is 2.03 bits per heavy atom. The molecule has 176 valence electrons. The Morgan fingerprint density at radius 1 is 1.27 bits per heavy atom. The maximum Gasteiger partial charge on any atom is 0.240 e. The smallest absolute Gasteiger partial charge is 0.240 e. The number of hydrogen-bond acceptors (Lipinski definition) is 6. The number of carbonyl (C=O) groups is 2. The summed E-state index contributed by atoms with van der Waals surface area (Å²) in [5.74, 6) is 0.243. The van der Waals surface area contributed by atoms with Crippen molar-refractivity contribution in [3.05, 3.63) is 29.8 Å². The molecule has 5 rings (SSSR count). The van der Waals surface area contributed by atoms with Crippen LogP contribution in [0.4, 0.5) is 0 Å². The fraction of sp³-hybridized carbons (Fsp3) is 0.609. The summed E-state index contributed by atoms with van der Waals surface area (Å²) < 4.78 is 23.4. The monoisotopic (exact) mass is 471 g/mol. The average Bonchev–Trinajstić information content (AvgIpc) is 3.11. The molecule has 9 nitrogen and oxygen atoms in total. The van der Waals surface area contributed by atoms with Gasteiger partial charge in [-0.05, 0) is 49.8 Å². The van der Waals surface area contributed by atoms with Crippen LogP contribution in [-0.2, 0) is 19.6 Å². The standard InChI is InChI=1S/C23H29N5O4S/c1-13(22(29)28-17(10-24)6-16-8-20(16)28)11-26-12-18-9-21(26)23(30)27(18)14(2)15-4-3-5-19(7-15)33(25,31)32/h3-5,7,13-14,16-18,20-21H,6,8-9,11-12H2,1-2H3,(H2,25,31,32)/t13-,14+,16+,17-,18-,20?,21-/m0/s1. The molecule has 7 atom stereocenters. The first-order chi connectivity index (χ1) is 15.6. The number of sulfonamides is 1. The number of piperazine rings is 1. The lowest BCUT2D eigenvalue weighted by atomic mass is 10.0. The van der Waals surface area contributed by atoms with Crippen molar-refractivity contribution in [3.8, 4) is 6.07 Å². The number of primary sulfonamides is 1. The first kappa shape index (κ1) is 22.3. The van der Waals surface area contributed by atoms with Crippen LogP contribution in [0, 0.1) is 23.2 Å². The molecule has 2 N–H and O–H groups in total. The van der Waals surface area contributed by atoms with Gasteiger partial charge in [0, 0.05) is 31.1 Å². The minimum atomic E-state index is -3.82. The lowest BCUT2D eigenvalue weighted by Gasteiger charge is -2.38. The van der Waals surface area contributed by atoms with Crippen molar-refractivity contribution in [2.45, 2.75) is 68.2 Å². The number of fused-ring (bicyclic) bond motifs is 3. The molecule has 1 saturated carbocycles. The molecule has 4 aliphatic rings. The summed E-state index contributed by atoms with van der Waals surface area (Å²) in [7, 11) is -3.82. The molecule has 0 radical (unpaired) electrons. The zero-order valence-electron chi connectivity index (χ0n) is 18.8. The van der Waals surface area contributed by atoms with E-state index in [2.05, 4.69) is 11.0 Å². The molecule has 1 aliphatic carbocycles. The molecule has 1 unspecified atom stereocenters. The van der Waals surface area contributed by atoms with E-state index < -0.39 is 10.0 Å². The van der Waals surface area contributed by atoms with Gasteiger partial charge in [-0.2, -0.15) is 5.26 Å². The van der Waals surface area contributed by atoms with Crippen LogP contribution >= 0.6 is 0 Å². The number of benzene rings is 1. The summed E-state index contributed by atoms with van der Waals surface area (Å²) in [6, 6.07) is 8.09. The minimum Gasteiger partial charge on any atom is -0.330 e. The number of nitrogens with two attached hydrogens (primary N) is 1. The van der Waals surface area contributed by atoms with E-state index in [9.17, 15) is 23.3 Å². The first-order valence-corrected chi connectivity index (χ1v) is 13.1. The van der Waals surface area contributed by atoms with Crippen LogP contribution in [0.15, 0.2) is 29.2 Å². The van der Waals surface area contributed by atoms with E-state index in [-0.39, 0.29) is 52.8 Å². The fourth-order valence-electron chi connectivity index (χ4n) is 6.08. The highest BCUT2D eigenvalue weighted by molar-refractivity contribution is 7.89. The highest BCUT2D eigenvalue weighted by Crippen LogP contribution is 2.48. The molecule has 0 aromatic heterocycles. The van der Waals surface area contributed by atoms with Gasteiger partial charge in [0.05, 0.1) is 23.0 Å². The quantitative estimate of drug-likeness (QED) is 0.655. The number of carbonyl (C=O) groups excluding carboxylic acids is 2. The lowest BCUT2D eigenvalue weighted by molar-refractivity contribution is -0.142. The summed E-state index contributed by atoms with van der Waals surface area (Å²) in [4.78, 5) is 32.1. The van der Waals surface area contributed by atoms with Gasteiger partial charge in [0.15, 0.2) is 0 Å². The number of hydrogen-bond donors (Lipinski definition) is 1. The van der Waals surface area contributed by atoms with Gasteiger partial charge < -0.3 is 9.80 Å². The van der Waals surface area contributed by atoms with Gasteiger partial charge in [-0.15, -0.1) is 0 Å². The molecule has 3 saturated heterocycles. The molecule has 4 fully saturated rings. The van der Waals surface area contributed by atoms with E-state index in [0.717, 1.165) is 18.4 Å². The van der Waals surface area contributed by atoms with E-state index in [4.69, 9.17) is 5.14 Å². The third kappa shape index (κ3) is 3.72. The topological polar surface area (TPSA) is 128 Å². The maximum absolute atomic E-state index is 13.2. The summed E-state index contributed by atoms with van der Waals surface area (Å²) in [5.41, 5.74) is 0.730. The van der Waals surface area contributed by atoms with Crippen LogP contribution < -0.4 is 5.14 Å². The van der Waals surface area contributed by atoms with Crippen molar-refractivity contribution in [2.24, 2.45) is 17.0 Å². The van der Waals surface area contributed by atoms with Crippen LogP contribution in [-0.4, -0.2) is 72.2 Å². The number of nitriles is 1. The van der Waals surface area contributed by atoms with Gasteiger partial charge in [-0.25, -0.2) is 13.6 Å². The average molecular weight is 472 g/mol. The molecule has 33 heavy (non-hydrogen) atoms. The Balaban J connectivity index is 1.25.